The molecule has 196 valence electrons. The van der Waals surface area contributed by atoms with Crippen LogP contribution in [0.1, 0.15) is 38.5 Å². The number of thiol groups is 2. The highest BCUT2D eigenvalue weighted by atomic mass is 35.5. The van der Waals surface area contributed by atoms with Crippen molar-refractivity contribution in [1.82, 2.24) is 5.32 Å². The summed E-state index contributed by atoms with van der Waals surface area (Å²) in [4.78, 5) is 5.00. The van der Waals surface area contributed by atoms with Gasteiger partial charge in [-0.25, -0.2) is 0 Å². The summed E-state index contributed by atoms with van der Waals surface area (Å²) >= 11 is 8.76. The van der Waals surface area contributed by atoms with Gasteiger partial charge in [0.05, 0.1) is 0 Å². The molecule has 0 radical (unpaired) electrons. The first kappa shape index (κ1) is 35.7. The van der Waals surface area contributed by atoms with Crippen LogP contribution in [0.15, 0.2) is 60.7 Å². The highest BCUT2D eigenvalue weighted by molar-refractivity contribution is 7.80. The van der Waals surface area contributed by atoms with E-state index in [0.717, 1.165) is 63.6 Å². The zero-order valence-electron chi connectivity index (χ0n) is 20.2. The van der Waals surface area contributed by atoms with Gasteiger partial charge in [-0.05, 0) is 87.4 Å². The maximum absolute atomic E-state index is 4.38. The van der Waals surface area contributed by atoms with E-state index in [-0.39, 0.29) is 37.2 Å². The van der Waals surface area contributed by atoms with Gasteiger partial charge in [0.15, 0.2) is 0 Å². The normalized spacial score (nSPS) is 9.94. The molecule has 0 heterocycles. The molecule has 0 aromatic heterocycles. The second-order valence-corrected chi connectivity index (χ2v) is 8.86. The molecule has 0 aliphatic heterocycles. The second-order valence-electron chi connectivity index (χ2n) is 7.96. The van der Waals surface area contributed by atoms with Gasteiger partial charge in [0, 0.05) is 37.6 Å². The van der Waals surface area contributed by atoms with Crippen molar-refractivity contribution in [2.45, 2.75) is 38.5 Å². The van der Waals surface area contributed by atoms with Gasteiger partial charge in [-0.2, -0.15) is 25.3 Å². The third kappa shape index (κ3) is 15.5. The molecule has 0 atom stereocenters. The molecule has 0 aliphatic rings. The largest absolute Gasteiger partial charge is 0.372 e. The summed E-state index contributed by atoms with van der Waals surface area (Å²) in [7, 11) is 0. The van der Waals surface area contributed by atoms with E-state index >= 15 is 0 Å². The van der Waals surface area contributed by atoms with Crippen molar-refractivity contribution in [3.63, 3.8) is 0 Å². The fraction of sp³-hybridized carbons (Fsp3) is 0.538. The first-order valence-corrected chi connectivity index (χ1v) is 13.1. The maximum atomic E-state index is 4.38. The van der Waals surface area contributed by atoms with Gasteiger partial charge in [0.1, 0.15) is 0 Å². The molecule has 34 heavy (non-hydrogen) atoms. The molecular formula is C26H44Cl3N3S2. The Morgan fingerprint density at radius 1 is 0.500 bits per heavy atom. The molecule has 8 heteroatoms. The van der Waals surface area contributed by atoms with Gasteiger partial charge in [0.2, 0.25) is 0 Å². The Morgan fingerprint density at radius 2 is 0.853 bits per heavy atom. The van der Waals surface area contributed by atoms with Gasteiger partial charge in [-0.1, -0.05) is 36.4 Å². The third-order valence-corrected chi connectivity index (χ3v) is 6.11. The van der Waals surface area contributed by atoms with Crippen LogP contribution in [0.5, 0.6) is 0 Å². The quantitative estimate of drug-likeness (QED) is 0.132. The molecule has 0 aliphatic carbocycles. The van der Waals surface area contributed by atoms with E-state index in [9.17, 15) is 0 Å². The predicted octanol–water partition coefficient (Wildman–Crippen LogP) is 7.05. The minimum atomic E-state index is 0. The Morgan fingerprint density at radius 3 is 1.21 bits per heavy atom. The number of halogens is 3. The topological polar surface area (TPSA) is 18.5 Å². The molecule has 0 fully saturated rings. The lowest BCUT2D eigenvalue weighted by Gasteiger charge is -2.25. The highest BCUT2D eigenvalue weighted by Crippen LogP contribution is 2.15. The van der Waals surface area contributed by atoms with E-state index in [1.807, 2.05) is 0 Å². The van der Waals surface area contributed by atoms with Crippen LogP contribution < -0.4 is 15.1 Å². The van der Waals surface area contributed by atoms with E-state index in [0.29, 0.717) is 0 Å². The maximum Gasteiger partial charge on any atom is 0.0366 e. The van der Waals surface area contributed by atoms with Gasteiger partial charge in [0.25, 0.3) is 0 Å². The first-order chi connectivity index (χ1) is 15.3. The lowest BCUT2D eigenvalue weighted by atomic mass is 10.2. The monoisotopic (exact) mass is 567 g/mol. The van der Waals surface area contributed by atoms with Crippen molar-refractivity contribution in [2.75, 3.05) is 60.6 Å². The summed E-state index contributed by atoms with van der Waals surface area (Å²) in [6, 6.07) is 21.5. The first-order valence-electron chi connectivity index (χ1n) is 11.9. The van der Waals surface area contributed by atoms with Crippen LogP contribution in [0.3, 0.4) is 0 Å². The number of hydrogen-bond acceptors (Lipinski definition) is 5. The number of nitrogens with one attached hydrogen (secondary N) is 1. The van der Waals surface area contributed by atoms with Crippen molar-refractivity contribution >= 4 is 73.9 Å². The number of para-hydroxylation sites is 2. The molecule has 2 aromatic rings. The number of nitrogens with zero attached hydrogens (tertiary/aromatic N) is 2. The predicted molar refractivity (Wildman–Crippen MR) is 167 cm³/mol. The lowest BCUT2D eigenvalue weighted by Crippen LogP contribution is -2.27. The minimum Gasteiger partial charge on any atom is -0.372 e. The van der Waals surface area contributed by atoms with E-state index in [1.54, 1.807) is 0 Å². The van der Waals surface area contributed by atoms with Gasteiger partial charge >= 0.3 is 0 Å². The number of anilines is 2. The standard InChI is InChI=1S/C26H41N3S2.3ClH/c30-23-11-21-28(25-13-3-1-4-14-25)19-9-7-17-27-18-8-10-20-29(22-12-24-31)26-15-5-2-6-16-26;;;/h1-6,13-16,27,30-31H,7-12,17-24H2;3*1H. The Hall–Kier alpha value is -0.430. The Labute approximate surface area is 237 Å². The summed E-state index contributed by atoms with van der Waals surface area (Å²) in [5.41, 5.74) is 2.66. The van der Waals surface area contributed by atoms with Crippen LogP contribution in [0.4, 0.5) is 11.4 Å². The highest BCUT2D eigenvalue weighted by Gasteiger charge is 2.06. The average Bonchev–Trinajstić information content (AvgIpc) is 2.83. The SMILES string of the molecule is Cl.Cl.Cl.SCCCN(CCCCNCCCCN(CCCS)c1ccccc1)c1ccccc1. The number of rotatable bonds is 18. The smallest absolute Gasteiger partial charge is 0.0366 e. The lowest BCUT2D eigenvalue weighted by molar-refractivity contribution is 0.579. The van der Waals surface area contributed by atoms with Crippen LogP contribution in [0.25, 0.3) is 0 Å². The molecular weight excluding hydrogens is 525 g/mol. The van der Waals surface area contributed by atoms with Gasteiger partial charge in [-0.3, -0.25) is 0 Å². The molecule has 0 amide bonds. The molecule has 0 spiro atoms. The number of hydrogen-bond donors (Lipinski definition) is 3. The Kier molecular flexibility index (Phi) is 25.5. The molecule has 0 bridgehead atoms. The van der Waals surface area contributed by atoms with E-state index in [4.69, 9.17) is 0 Å². The van der Waals surface area contributed by atoms with Crippen molar-refractivity contribution < 1.29 is 0 Å². The van der Waals surface area contributed by atoms with Crippen molar-refractivity contribution in [1.29, 1.82) is 0 Å². The summed E-state index contributed by atoms with van der Waals surface area (Å²) in [5, 5.41) is 3.64. The Balaban J connectivity index is 0. The fourth-order valence-corrected chi connectivity index (χ4v) is 4.05. The van der Waals surface area contributed by atoms with Crippen LogP contribution in [0.2, 0.25) is 0 Å². The molecule has 1 N–H and O–H groups in total. The summed E-state index contributed by atoms with van der Waals surface area (Å²) in [5.74, 6) is 1.89. The zero-order chi connectivity index (χ0) is 22.0. The molecule has 2 rings (SSSR count). The molecule has 0 unspecified atom stereocenters. The van der Waals surface area contributed by atoms with Crippen molar-refractivity contribution in [2.24, 2.45) is 0 Å². The van der Waals surface area contributed by atoms with E-state index in [1.165, 1.54) is 37.1 Å². The Bertz CT molecular complexity index is 611. The van der Waals surface area contributed by atoms with Crippen molar-refractivity contribution in [3.05, 3.63) is 60.7 Å². The van der Waals surface area contributed by atoms with Crippen LogP contribution in [-0.2, 0) is 0 Å². The molecule has 0 saturated carbocycles. The molecule has 0 saturated heterocycles. The fourth-order valence-electron chi connectivity index (χ4n) is 3.77. The minimum absolute atomic E-state index is 0. The molecule has 3 nitrogen and oxygen atoms in total. The van der Waals surface area contributed by atoms with E-state index in [2.05, 4.69) is 101 Å². The van der Waals surface area contributed by atoms with Gasteiger partial charge < -0.3 is 15.1 Å². The second kappa shape index (κ2) is 24.3. The molecule has 2 aromatic carbocycles. The van der Waals surface area contributed by atoms with Crippen molar-refractivity contribution in [3.8, 4) is 0 Å². The van der Waals surface area contributed by atoms with Gasteiger partial charge in [-0.15, -0.1) is 37.2 Å². The van der Waals surface area contributed by atoms with Crippen LogP contribution in [-0.4, -0.2) is 50.8 Å². The van der Waals surface area contributed by atoms with Crippen LogP contribution >= 0.6 is 62.5 Å². The zero-order valence-corrected chi connectivity index (χ0v) is 24.4. The third-order valence-electron chi connectivity index (χ3n) is 5.48. The summed E-state index contributed by atoms with van der Waals surface area (Å²) in [6.07, 6.45) is 7.15. The van der Waals surface area contributed by atoms with Crippen LogP contribution in [0, 0.1) is 0 Å². The average molecular weight is 569 g/mol. The summed E-state index contributed by atoms with van der Waals surface area (Å²) < 4.78 is 0. The number of unbranched alkanes of at least 4 members (excludes halogenated alkanes) is 2. The number of benzene rings is 2. The summed E-state index contributed by atoms with van der Waals surface area (Å²) in [6.45, 7) is 6.64. The van der Waals surface area contributed by atoms with E-state index < -0.39 is 0 Å².